The van der Waals surface area contributed by atoms with Gasteiger partial charge in [-0.25, -0.2) is 13.8 Å². The molecule has 0 aliphatic heterocycles. The normalized spacial score (nSPS) is 12.5. The summed E-state index contributed by atoms with van der Waals surface area (Å²) in [6.45, 7) is 1.59. The number of hydrogen-bond acceptors (Lipinski definition) is 7. The van der Waals surface area contributed by atoms with Crippen LogP contribution in [0.25, 0.3) is 27.3 Å². The third-order valence-electron chi connectivity index (χ3n) is 4.50. The second-order valence-corrected chi connectivity index (χ2v) is 6.80. The van der Waals surface area contributed by atoms with Gasteiger partial charge in [0.05, 0.1) is 17.7 Å². The van der Waals surface area contributed by atoms with Crippen molar-refractivity contribution in [3.8, 4) is 16.9 Å². The van der Waals surface area contributed by atoms with Gasteiger partial charge in [-0.15, -0.1) is 0 Å². The molecule has 3 aromatic rings. The number of aromatic nitrogens is 4. The minimum absolute atomic E-state index is 0.122. The fourth-order valence-corrected chi connectivity index (χ4v) is 2.91. The lowest BCUT2D eigenvalue weighted by atomic mass is 10.0. The van der Waals surface area contributed by atoms with Crippen molar-refractivity contribution < 1.29 is 26.7 Å². The van der Waals surface area contributed by atoms with E-state index in [-0.39, 0.29) is 18.1 Å². The average molecular weight is 471 g/mol. The maximum Gasteiger partial charge on any atom is 0.408 e. The number of anilines is 1. The lowest BCUT2D eigenvalue weighted by molar-refractivity contribution is -0.138. The first-order valence-corrected chi connectivity index (χ1v) is 9.56. The zero-order chi connectivity index (χ0) is 24.2. The van der Waals surface area contributed by atoms with Crippen molar-refractivity contribution in [3.05, 3.63) is 40.5 Å². The van der Waals surface area contributed by atoms with Crippen molar-refractivity contribution in [1.82, 2.24) is 24.9 Å². The van der Waals surface area contributed by atoms with Gasteiger partial charge in [-0.1, -0.05) is 0 Å². The van der Waals surface area contributed by atoms with Crippen LogP contribution in [0.3, 0.4) is 0 Å². The number of ether oxygens (including phenoxy) is 1. The molecule has 0 radical (unpaired) electrons. The van der Waals surface area contributed by atoms with E-state index in [1.54, 1.807) is 7.05 Å². The zero-order valence-electron chi connectivity index (χ0n) is 17.4. The molecule has 10 nitrogen and oxygen atoms in total. The Balaban J connectivity index is 2.19. The van der Waals surface area contributed by atoms with Gasteiger partial charge in [0.2, 0.25) is 0 Å². The summed E-state index contributed by atoms with van der Waals surface area (Å²) in [6.07, 6.45) is -3.17. The molecule has 3 rings (SSSR count). The number of benzene rings is 1. The lowest BCUT2D eigenvalue weighted by Crippen LogP contribution is -2.34. The van der Waals surface area contributed by atoms with Crippen LogP contribution in [-0.4, -0.2) is 52.0 Å². The Morgan fingerprint density at radius 2 is 1.94 bits per heavy atom. The van der Waals surface area contributed by atoms with E-state index in [0.29, 0.717) is 13.0 Å². The molecule has 2 N–H and O–H groups in total. The molecule has 2 aromatic heterocycles. The molecule has 176 valence electrons. The largest absolute Gasteiger partial charge is 0.493 e. The van der Waals surface area contributed by atoms with E-state index in [4.69, 9.17) is 10.3 Å². The van der Waals surface area contributed by atoms with Crippen LogP contribution in [0.15, 0.2) is 23.6 Å². The van der Waals surface area contributed by atoms with Crippen LogP contribution < -0.4 is 15.4 Å². The molecule has 33 heavy (non-hydrogen) atoms. The van der Waals surface area contributed by atoms with Gasteiger partial charge in [-0.05, 0) is 37.6 Å². The first-order valence-electron chi connectivity index (χ1n) is 9.56. The van der Waals surface area contributed by atoms with Crippen LogP contribution in [0.1, 0.15) is 13.3 Å². The molecule has 0 aliphatic carbocycles. The summed E-state index contributed by atoms with van der Waals surface area (Å²) in [4.78, 5) is 10.2. The summed E-state index contributed by atoms with van der Waals surface area (Å²) in [5, 5.41) is 12.1. The molecule has 1 atom stereocenters. The smallest absolute Gasteiger partial charge is 0.408 e. The van der Waals surface area contributed by atoms with Crippen molar-refractivity contribution >= 4 is 17.4 Å². The van der Waals surface area contributed by atoms with E-state index in [1.165, 1.54) is 0 Å². The molecule has 0 unspecified atom stereocenters. The maximum absolute atomic E-state index is 15.1. The van der Waals surface area contributed by atoms with Gasteiger partial charge in [0.15, 0.2) is 0 Å². The monoisotopic (exact) mass is 471 g/mol. The molecule has 0 fully saturated rings. The number of hydrogen-bond donors (Lipinski definition) is 2. The van der Waals surface area contributed by atoms with Crippen molar-refractivity contribution in [2.75, 3.05) is 25.5 Å². The van der Waals surface area contributed by atoms with E-state index in [0.717, 1.165) is 29.9 Å². The molecule has 0 saturated carbocycles. The third kappa shape index (κ3) is 5.21. The molecule has 0 bridgehead atoms. The average Bonchev–Trinajstić information content (AvgIpc) is 3.20. The molecule has 0 spiro atoms. The minimum Gasteiger partial charge on any atom is -0.493 e. The molecular formula is C18H18F5N9O. The number of nitrogens with one attached hydrogen (secondary N) is 2. The van der Waals surface area contributed by atoms with Gasteiger partial charge in [-0.2, -0.15) is 27.8 Å². The van der Waals surface area contributed by atoms with E-state index in [9.17, 15) is 13.2 Å². The molecule has 0 aliphatic rings. The Morgan fingerprint density at radius 1 is 1.24 bits per heavy atom. The number of fused-ring (bicyclic) bond motifs is 1. The van der Waals surface area contributed by atoms with Crippen molar-refractivity contribution in [3.63, 3.8) is 0 Å². The molecule has 0 saturated heterocycles. The van der Waals surface area contributed by atoms with Gasteiger partial charge in [0.1, 0.15) is 41.4 Å². The SMILES string of the molecule is CNCCCOc1cc(F)c(-c2c(N=[N+]=[N-])nc3ncnn3c2N[C@@H](C)C(F)(F)F)c(F)c1. The lowest BCUT2D eigenvalue weighted by Gasteiger charge is -2.22. The van der Waals surface area contributed by atoms with Gasteiger partial charge in [-0.3, -0.25) is 0 Å². The molecule has 15 heteroatoms. The number of azide groups is 1. The van der Waals surface area contributed by atoms with Gasteiger partial charge < -0.3 is 15.4 Å². The quantitative estimate of drug-likeness (QED) is 0.157. The van der Waals surface area contributed by atoms with Crippen LogP contribution in [0.2, 0.25) is 0 Å². The maximum atomic E-state index is 15.1. The standard InChI is InChI=1S/C18H18F5N9O/c1-9(18(21,22)23)28-16-14(15(30-31-24)29-17-26-8-27-32(16)17)13-11(19)6-10(7-12(13)20)33-5-3-4-25-2/h6-9,25,28H,3-5H2,1-2H3/t9-/m0/s1. The fourth-order valence-electron chi connectivity index (χ4n) is 2.91. The highest BCUT2D eigenvalue weighted by molar-refractivity contribution is 5.86. The Labute approximate surface area is 183 Å². The summed E-state index contributed by atoms with van der Waals surface area (Å²) in [6, 6.07) is -0.411. The van der Waals surface area contributed by atoms with Crippen LogP contribution in [0, 0.1) is 11.6 Å². The van der Waals surface area contributed by atoms with Gasteiger partial charge >= 0.3 is 6.18 Å². The molecule has 1 aromatic carbocycles. The van der Waals surface area contributed by atoms with E-state index in [1.807, 2.05) is 0 Å². The predicted octanol–water partition coefficient (Wildman–Crippen LogP) is 4.36. The summed E-state index contributed by atoms with van der Waals surface area (Å²) in [5.41, 5.74) is 7.57. The summed E-state index contributed by atoms with van der Waals surface area (Å²) >= 11 is 0. The van der Waals surface area contributed by atoms with E-state index in [2.05, 4.69) is 35.7 Å². The molecule has 0 amide bonds. The van der Waals surface area contributed by atoms with Crippen LogP contribution in [0.5, 0.6) is 5.75 Å². The number of rotatable bonds is 9. The predicted molar refractivity (Wildman–Crippen MR) is 108 cm³/mol. The van der Waals surface area contributed by atoms with Crippen molar-refractivity contribution in [1.29, 1.82) is 0 Å². The molecular weight excluding hydrogens is 453 g/mol. The van der Waals surface area contributed by atoms with Gasteiger partial charge in [0.25, 0.3) is 5.78 Å². The highest BCUT2D eigenvalue weighted by Gasteiger charge is 2.37. The first kappa shape index (κ1) is 23.9. The van der Waals surface area contributed by atoms with Crippen molar-refractivity contribution in [2.24, 2.45) is 5.11 Å². The van der Waals surface area contributed by atoms with Crippen LogP contribution in [0.4, 0.5) is 33.6 Å². The number of halogens is 5. The van der Waals surface area contributed by atoms with Crippen LogP contribution in [-0.2, 0) is 0 Å². The second kappa shape index (κ2) is 9.83. The number of nitrogens with zero attached hydrogens (tertiary/aromatic N) is 7. The third-order valence-corrected chi connectivity index (χ3v) is 4.50. The van der Waals surface area contributed by atoms with E-state index >= 15 is 8.78 Å². The van der Waals surface area contributed by atoms with Gasteiger partial charge in [0, 0.05) is 17.0 Å². The minimum atomic E-state index is -4.71. The zero-order valence-corrected chi connectivity index (χ0v) is 17.4. The Kier molecular flexibility index (Phi) is 7.13. The Bertz CT molecular complexity index is 1170. The van der Waals surface area contributed by atoms with Crippen molar-refractivity contribution in [2.45, 2.75) is 25.6 Å². The van der Waals surface area contributed by atoms with Crippen LogP contribution >= 0.6 is 0 Å². The highest BCUT2D eigenvalue weighted by Crippen LogP contribution is 2.41. The topological polar surface area (TPSA) is 125 Å². The Hall–Kier alpha value is -3.71. The summed E-state index contributed by atoms with van der Waals surface area (Å²) < 4.78 is 76.1. The first-order chi connectivity index (χ1) is 15.7. The summed E-state index contributed by atoms with van der Waals surface area (Å²) in [7, 11) is 1.74. The Morgan fingerprint density at radius 3 is 2.55 bits per heavy atom. The van der Waals surface area contributed by atoms with E-state index < -0.39 is 46.6 Å². The highest BCUT2D eigenvalue weighted by atomic mass is 19.4. The summed E-state index contributed by atoms with van der Waals surface area (Å²) in [5.74, 6) is -3.80. The fraction of sp³-hybridized carbons (Fsp3) is 0.389. The second-order valence-electron chi connectivity index (χ2n) is 6.80. The number of alkyl halides is 3. The molecule has 2 heterocycles.